The largest absolute Gasteiger partial charge is 0.360 e. The Kier molecular flexibility index (Phi) is 6.05. The molecular weight excluding hydrogens is 416 g/mol. The van der Waals surface area contributed by atoms with Crippen LogP contribution in [0.2, 0.25) is 0 Å². The van der Waals surface area contributed by atoms with E-state index in [0.717, 1.165) is 10.1 Å². The molecule has 2 aromatic heterocycles. The lowest BCUT2D eigenvalue weighted by atomic mass is 10.3. The van der Waals surface area contributed by atoms with Gasteiger partial charge in [0.2, 0.25) is 15.9 Å². The van der Waals surface area contributed by atoms with Crippen molar-refractivity contribution in [2.45, 2.75) is 41.8 Å². The normalized spacial score (nSPS) is 12.7. The smallest absolute Gasteiger partial charge is 0.246 e. The molecule has 0 aliphatic heterocycles. The maximum Gasteiger partial charge on any atom is 0.246 e. The number of hydrogen-bond acceptors (Lipinski definition) is 8. The Morgan fingerprint density at radius 1 is 1.24 bits per heavy atom. The number of nitrogens with one attached hydrogen (secondary N) is 2. The topological polar surface area (TPSA) is 132 Å². The van der Waals surface area contributed by atoms with E-state index in [2.05, 4.69) is 25.4 Å². The zero-order valence-electron chi connectivity index (χ0n) is 16.2. The van der Waals surface area contributed by atoms with Gasteiger partial charge in [0.25, 0.3) is 0 Å². The van der Waals surface area contributed by atoms with Gasteiger partial charge in [0, 0.05) is 17.6 Å². The van der Waals surface area contributed by atoms with Gasteiger partial charge in [-0.05, 0) is 56.8 Å². The van der Waals surface area contributed by atoms with Gasteiger partial charge in [-0.15, -0.1) is 10.2 Å². The molecule has 0 unspecified atom stereocenters. The summed E-state index contributed by atoms with van der Waals surface area (Å²) in [6, 6.07) is 6.11. The van der Waals surface area contributed by atoms with Crippen LogP contribution in [0.3, 0.4) is 0 Å². The first-order chi connectivity index (χ1) is 13.7. The molecule has 2 heterocycles. The monoisotopic (exact) mass is 436 g/mol. The first kappa shape index (κ1) is 21.0. The molecule has 0 saturated heterocycles. The number of carbonyl (C=O) groups excluding carboxylic acids is 1. The third-order valence-corrected chi connectivity index (χ3v) is 6.81. The predicted molar refractivity (Wildman–Crippen MR) is 106 cm³/mol. The van der Waals surface area contributed by atoms with E-state index in [4.69, 9.17) is 4.52 Å². The number of amides is 1. The van der Waals surface area contributed by atoms with Crippen LogP contribution in [0.25, 0.3) is 0 Å². The van der Waals surface area contributed by atoms with E-state index >= 15 is 0 Å². The summed E-state index contributed by atoms with van der Waals surface area (Å²) in [7, 11) is -2.09. The summed E-state index contributed by atoms with van der Waals surface area (Å²) in [6.07, 6.45) is 1.61. The van der Waals surface area contributed by atoms with E-state index in [1.807, 2.05) is 19.2 Å². The fourth-order valence-corrected chi connectivity index (χ4v) is 4.82. The summed E-state index contributed by atoms with van der Waals surface area (Å²) in [5, 5.41) is 14.9. The minimum absolute atomic E-state index is 0.0534. The van der Waals surface area contributed by atoms with Crippen molar-refractivity contribution in [3.05, 3.63) is 42.0 Å². The third kappa shape index (κ3) is 4.83. The van der Waals surface area contributed by atoms with Crippen LogP contribution in [-0.2, 0) is 21.9 Å². The van der Waals surface area contributed by atoms with Gasteiger partial charge in [-0.3, -0.25) is 4.79 Å². The molecular formula is C17H20N6O4S2. The highest BCUT2D eigenvalue weighted by Gasteiger charge is 2.28. The Bertz CT molecular complexity index is 1100. The van der Waals surface area contributed by atoms with Gasteiger partial charge in [0.05, 0.1) is 6.04 Å². The molecule has 29 heavy (non-hydrogen) atoms. The highest BCUT2D eigenvalue weighted by Crippen LogP contribution is 2.26. The highest BCUT2D eigenvalue weighted by atomic mass is 32.2. The van der Waals surface area contributed by atoms with Crippen molar-refractivity contribution in [1.82, 2.24) is 24.6 Å². The molecule has 0 bridgehead atoms. The number of carbonyl (C=O) groups is 1. The van der Waals surface area contributed by atoms with Crippen LogP contribution in [0.15, 0.2) is 50.1 Å². The quantitative estimate of drug-likeness (QED) is 0.574. The Morgan fingerprint density at radius 2 is 1.93 bits per heavy atom. The minimum atomic E-state index is -3.94. The summed E-state index contributed by atoms with van der Waals surface area (Å²) in [6.45, 7) is 4.49. The van der Waals surface area contributed by atoms with Crippen molar-refractivity contribution in [2.75, 3.05) is 5.32 Å². The average molecular weight is 437 g/mol. The van der Waals surface area contributed by atoms with Crippen LogP contribution < -0.4 is 10.0 Å². The average Bonchev–Trinajstić information content (AvgIpc) is 3.21. The van der Waals surface area contributed by atoms with E-state index in [1.165, 1.54) is 32.5 Å². The molecule has 0 saturated carbocycles. The molecule has 0 aliphatic rings. The summed E-state index contributed by atoms with van der Waals surface area (Å²) in [4.78, 5) is 13.3. The van der Waals surface area contributed by atoms with Gasteiger partial charge in [-0.2, -0.15) is 4.72 Å². The number of sulfonamides is 1. The zero-order chi connectivity index (χ0) is 21.2. The van der Waals surface area contributed by atoms with E-state index in [0.29, 0.717) is 5.69 Å². The lowest BCUT2D eigenvalue weighted by Gasteiger charge is -2.14. The van der Waals surface area contributed by atoms with Gasteiger partial charge in [-0.25, -0.2) is 8.42 Å². The molecule has 0 aliphatic carbocycles. The van der Waals surface area contributed by atoms with Gasteiger partial charge in [0.1, 0.15) is 16.9 Å². The maximum absolute atomic E-state index is 12.5. The van der Waals surface area contributed by atoms with Crippen molar-refractivity contribution in [2.24, 2.45) is 7.05 Å². The van der Waals surface area contributed by atoms with Gasteiger partial charge < -0.3 is 14.4 Å². The number of rotatable bonds is 7. The second-order valence-corrected chi connectivity index (χ2v) is 9.03. The summed E-state index contributed by atoms with van der Waals surface area (Å²) >= 11 is 1.43. The minimum Gasteiger partial charge on any atom is -0.360 e. The molecule has 0 spiro atoms. The Labute approximate surface area is 172 Å². The van der Waals surface area contributed by atoms with Crippen molar-refractivity contribution >= 4 is 33.4 Å². The van der Waals surface area contributed by atoms with Gasteiger partial charge in [-0.1, -0.05) is 5.16 Å². The van der Waals surface area contributed by atoms with Crippen molar-refractivity contribution in [3.8, 4) is 0 Å². The first-order valence-electron chi connectivity index (χ1n) is 8.55. The van der Waals surface area contributed by atoms with E-state index in [1.54, 1.807) is 23.0 Å². The molecule has 0 fully saturated rings. The molecule has 1 amide bonds. The molecule has 10 nitrogen and oxygen atoms in total. The van der Waals surface area contributed by atoms with Crippen LogP contribution in [0.4, 0.5) is 5.69 Å². The van der Waals surface area contributed by atoms with Crippen LogP contribution in [0, 0.1) is 13.8 Å². The van der Waals surface area contributed by atoms with E-state index < -0.39 is 22.0 Å². The van der Waals surface area contributed by atoms with Crippen molar-refractivity contribution in [3.63, 3.8) is 0 Å². The van der Waals surface area contributed by atoms with Crippen LogP contribution in [-0.4, -0.2) is 40.3 Å². The second-order valence-electron chi connectivity index (χ2n) is 6.34. The number of aryl methyl sites for hydroxylation is 3. The lowest BCUT2D eigenvalue weighted by molar-refractivity contribution is -0.117. The van der Waals surface area contributed by atoms with E-state index in [-0.39, 0.29) is 16.3 Å². The molecule has 3 rings (SSSR count). The number of hydrogen-bond donors (Lipinski definition) is 2. The fraction of sp³-hybridized carbons (Fsp3) is 0.294. The second kappa shape index (κ2) is 8.35. The van der Waals surface area contributed by atoms with Gasteiger partial charge >= 0.3 is 0 Å². The van der Waals surface area contributed by atoms with Gasteiger partial charge in [0.15, 0.2) is 10.9 Å². The molecule has 3 aromatic rings. The SMILES string of the molecule is Cc1noc(C)c1S(=O)(=O)N[C@@H](C)C(=O)Nc1ccc(Sc2nncn2C)cc1. The van der Waals surface area contributed by atoms with E-state index in [9.17, 15) is 13.2 Å². The lowest BCUT2D eigenvalue weighted by Crippen LogP contribution is -2.41. The fourth-order valence-electron chi connectivity index (χ4n) is 2.53. The molecule has 2 N–H and O–H groups in total. The molecule has 154 valence electrons. The number of nitrogens with zero attached hydrogens (tertiary/aromatic N) is 4. The van der Waals surface area contributed by atoms with Crippen LogP contribution in [0.5, 0.6) is 0 Å². The summed E-state index contributed by atoms with van der Waals surface area (Å²) in [5.41, 5.74) is 0.777. The molecule has 12 heteroatoms. The molecule has 1 aromatic carbocycles. The Hall–Kier alpha value is -2.70. The Morgan fingerprint density at radius 3 is 2.48 bits per heavy atom. The molecule has 0 radical (unpaired) electrons. The summed E-state index contributed by atoms with van der Waals surface area (Å²) in [5.74, 6) is -0.326. The third-order valence-electron chi connectivity index (χ3n) is 3.96. The number of anilines is 1. The maximum atomic E-state index is 12.5. The molecule has 1 atom stereocenters. The zero-order valence-corrected chi connectivity index (χ0v) is 17.8. The predicted octanol–water partition coefficient (Wildman–Crippen LogP) is 1.88. The highest BCUT2D eigenvalue weighted by molar-refractivity contribution is 7.99. The first-order valence-corrected chi connectivity index (χ1v) is 10.9. The van der Waals surface area contributed by atoms with Crippen LogP contribution in [0.1, 0.15) is 18.4 Å². The van der Waals surface area contributed by atoms with Crippen molar-refractivity contribution in [1.29, 1.82) is 0 Å². The van der Waals surface area contributed by atoms with Crippen molar-refractivity contribution < 1.29 is 17.7 Å². The van der Waals surface area contributed by atoms with Crippen LogP contribution >= 0.6 is 11.8 Å². The summed E-state index contributed by atoms with van der Waals surface area (Å²) < 4.78 is 34.1. The Balaban J connectivity index is 1.63. The number of benzene rings is 1. The standard InChI is InChI=1S/C17H20N6O4S2/c1-10-15(12(3)27-21-10)29(25,26)22-11(2)16(24)19-13-5-7-14(8-6-13)28-17-20-18-9-23(17)4/h5-9,11,22H,1-4H3,(H,19,24)/t11-/m0/s1. The number of aromatic nitrogens is 4.